The van der Waals surface area contributed by atoms with Crippen LogP contribution in [0.15, 0.2) is 12.4 Å². The monoisotopic (exact) mass is 212 g/mol. The number of aryl methyl sites for hydroxylation is 1. The zero-order valence-electron chi connectivity index (χ0n) is 9.82. The third-order valence-corrected chi connectivity index (χ3v) is 2.70. The van der Waals surface area contributed by atoms with Crippen molar-refractivity contribution in [2.24, 2.45) is 5.84 Å². The normalized spacial score (nSPS) is 14.2. The molecule has 0 fully saturated rings. The van der Waals surface area contributed by atoms with E-state index in [0.29, 0.717) is 0 Å². The molecule has 0 aliphatic carbocycles. The Morgan fingerprint density at radius 1 is 1.67 bits per heavy atom. The molecule has 0 aromatic carbocycles. The molecule has 0 radical (unpaired) electrons. The average Bonchev–Trinajstić information content (AvgIpc) is 2.67. The second kappa shape index (κ2) is 4.74. The molecule has 3 N–H and O–H groups in total. The Hall–Kier alpha value is -0.910. The van der Waals surface area contributed by atoms with Crippen molar-refractivity contribution in [1.82, 2.24) is 15.2 Å². The van der Waals surface area contributed by atoms with Crippen molar-refractivity contribution >= 4 is 0 Å². The molecular formula is C10H20N4O. The largest absolute Gasteiger partial charge is 0.377 e. The number of nitrogens with zero attached hydrogens (tertiary/aromatic N) is 2. The summed E-state index contributed by atoms with van der Waals surface area (Å²) >= 11 is 0. The van der Waals surface area contributed by atoms with Gasteiger partial charge in [-0.2, -0.15) is 5.10 Å². The highest BCUT2D eigenvalue weighted by Crippen LogP contribution is 2.27. The molecule has 1 aromatic rings. The van der Waals surface area contributed by atoms with Gasteiger partial charge in [0.2, 0.25) is 0 Å². The van der Waals surface area contributed by atoms with Crippen LogP contribution in [0.2, 0.25) is 0 Å². The Morgan fingerprint density at radius 2 is 2.33 bits per heavy atom. The molecule has 0 bridgehead atoms. The van der Waals surface area contributed by atoms with Crippen LogP contribution in [0.3, 0.4) is 0 Å². The summed E-state index contributed by atoms with van der Waals surface area (Å²) in [5.74, 6) is 5.55. The predicted octanol–water partition coefficient (Wildman–Crippen LogP) is 0.832. The highest BCUT2D eigenvalue weighted by molar-refractivity contribution is 5.14. The zero-order valence-corrected chi connectivity index (χ0v) is 9.82. The molecule has 0 amide bonds. The molecule has 0 spiro atoms. The number of methoxy groups -OCH3 is 1. The molecule has 1 rings (SSSR count). The SMILES string of the molecule is CCn1cc(C(NN)C(C)(C)OC)cn1. The number of hydrogen-bond donors (Lipinski definition) is 2. The maximum atomic E-state index is 5.55. The quantitative estimate of drug-likeness (QED) is 0.560. The predicted molar refractivity (Wildman–Crippen MR) is 59.1 cm³/mol. The van der Waals surface area contributed by atoms with E-state index in [-0.39, 0.29) is 11.6 Å². The Balaban J connectivity index is 2.92. The minimum atomic E-state index is -0.365. The molecule has 1 heterocycles. The second-order valence-corrected chi connectivity index (χ2v) is 4.04. The Kier molecular flexibility index (Phi) is 3.84. The lowest BCUT2D eigenvalue weighted by atomic mass is 9.94. The Bertz CT molecular complexity index is 308. The van der Waals surface area contributed by atoms with E-state index in [1.165, 1.54) is 0 Å². The van der Waals surface area contributed by atoms with Crippen LogP contribution in [-0.2, 0) is 11.3 Å². The molecule has 15 heavy (non-hydrogen) atoms. The van der Waals surface area contributed by atoms with Gasteiger partial charge in [0, 0.05) is 25.4 Å². The molecule has 86 valence electrons. The third kappa shape index (κ3) is 2.56. The number of hydrogen-bond acceptors (Lipinski definition) is 4. The lowest BCUT2D eigenvalue weighted by molar-refractivity contribution is -0.0111. The van der Waals surface area contributed by atoms with Crippen LogP contribution in [-0.4, -0.2) is 22.5 Å². The number of hydrazine groups is 1. The Labute approximate surface area is 90.6 Å². The number of rotatable bonds is 5. The van der Waals surface area contributed by atoms with Crippen molar-refractivity contribution < 1.29 is 4.74 Å². The van der Waals surface area contributed by atoms with Gasteiger partial charge in [-0.1, -0.05) is 0 Å². The first kappa shape index (κ1) is 12.2. The summed E-state index contributed by atoms with van der Waals surface area (Å²) in [6, 6.07) is -0.0669. The van der Waals surface area contributed by atoms with E-state index >= 15 is 0 Å². The van der Waals surface area contributed by atoms with Gasteiger partial charge in [-0.3, -0.25) is 10.5 Å². The number of nitrogens with two attached hydrogens (primary N) is 1. The highest BCUT2D eigenvalue weighted by Gasteiger charge is 2.30. The van der Waals surface area contributed by atoms with Crippen LogP contribution in [0.1, 0.15) is 32.4 Å². The van der Waals surface area contributed by atoms with Crippen molar-refractivity contribution in [3.05, 3.63) is 18.0 Å². The van der Waals surface area contributed by atoms with E-state index in [0.717, 1.165) is 12.1 Å². The third-order valence-electron chi connectivity index (χ3n) is 2.70. The summed E-state index contributed by atoms with van der Waals surface area (Å²) in [6.45, 7) is 6.87. The molecule has 0 aliphatic rings. The standard InChI is InChI=1S/C10H20N4O/c1-5-14-7-8(6-12-14)9(13-11)10(2,3)15-4/h6-7,9,13H,5,11H2,1-4H3. The van der Waals surface area contributed by atoms with Crippen molar-refractivity contribution in [2.45, 2.75) is 39.0 Å². The summed E-state index contributed by atoms with van der Waals surface area (Å²) < 4.78 is 7.27. The lowest BCUT2D eigenvalue weighted by Crippen LogP contribution is -2.43. The molecule has 1 atom stereocenters. The highest BCUT2D eigenvalue weighted by atomic mass is 16.5. The van der Waals surface area contributed by atoms with Crippen LogP contribution in [0.4, 0.5) is 0 Å². The van der Waals surface area contributed by atoms with Gasteiger partial charge in [-0.05, 0) is 20.8 Å². The van der Waals surface area contributed by atoms with E-state index in [1.807, 2.05) is 37.8 Å². The van der Waals surface area contributed by atoms with Gasteiger partial charge in [-0.25, -0.2) is 5.43 Å². The maximum absolute atomic E-state index is 5.55. The van der Waals surface area contributed by atoms with Crippen molar-refractivity contribution in [3.63, 3.8) is 0 Å². The summed E-state index contributed by atoms with van der Waals surface area (Å²) in [7, 11) is 1.68. The number of aromatic nitrogens is 2. The van der Waals surface area contributed by atoms with Crippen LogP contribution >= 0.6 is 0 Å². The second-order valence-electron chi connectivity index (χ2n) is 4.04. The van der Waals surface area contributed by atoms with E-state index in [4.69, 9.17) is 10.6 Å². The summed E-state index contributed by atoms with van der Waals surface area (Å²) in [6.07, 6.45) is 3.79. The molecule has 1 aromatic heterocycles. The smallest absolute Gasteiger partial charge is 0.0830 e. The first-order valence-corrected chi connectivity index (χ1v) is 5.08. The number of nitrogens with one attached hydrogen (secondary N) is 1. The molecule has 0 saturated carbocycles. The van der Waals surface area contributed by atoms with Crippen LogP contribution < -0.4 is 11.3 Å². The fourth-order valence-electron chi connectivity index (χ4n) is 1.52. The van der Waals surface area contributed by atoms with Gasteiger partial charge in [-0.15, -0.1) is 0 Å². The summed E-state index contributed by atoms with van der Waals surface area (Å²) in [4.78, 5) is 0. The van der Waals surface area contributed by atoms with Crippen LogP contribution in [0, 0.1) is 0 Å². The molecular weight excluding hydrogens is 192 g/mol. The minimum Gasteiger partial charge on any atom is -0.377 e. The van der Waals surface area contributed by atoms with Crippen molar-refractivity contribution in [2.75, 3.05) is 7.11 Å². The minimum absolute atomic E-state index is 0.0669. The average molecular weight is 212 g/mol. The van der Waals surface area contributed by atoms with E-state index in [1.54, 1.807) is 7.11 Å². The number of ether oxygens (including phenoxy) is 1. The molecule has 1 unspecified atom stereocenters. The van der Waals surface area contributed by atoms with Gasteiger partial charge in [0.15, 0.2) is 0 Å². The van der Waals surface area contributed by atoms with Crippen molar-refractivity contribution in [1.29, 1.82) is 0 Å². The van der Waals surface area contributed by atoms with Crippen LogP contribution in [0.5, 0.6) is 0 Å². The fraction of sp³-hybridized carbons (Fsp3) is 0.700. The molecule has 0 aliphatic heterocycles. The molecule has 5 heteroatoms. The van der Waals surface area contributed by atoms with Crippen molar-refractivity contribution in [3.8, 4) is 0 Å². The van der Waals surface area contributed by atoms with Gasteiger partial charge in [0.05, 0.1) is 17.8 Å². The Morgan fingerprint density at radius 3 is 2.73 bits per heavy atom. The first-order valence-electron chi connectivity index (χ1n) is 5.08. The lowest BCUT2D eigenvalue weighted by Gasteiger charge is -2.31. The maximum Gasteiger partial charge on any atom is 0.0830 e. The topological polar surface area (TPSA) is 65.1 Å². The van der Waals surface area contributed by atoms with E-state index in [9.17, 15) is 0 Å². The first-order chi connectivity index (χ1) is 7.05. The van der Waals surface area contributed by atoms with Gasteiger partial charge < -0.3 is 4.74 Å². The van der Waals surface area contributed by atoms with E-state index in [2.05, 4.69) is 10.5 Å². The summed E-state index contributed by atoms with van der Waals surface area (Å²) in [5.41, 5.74) is 3.44. The van der Waals surface area contributed by atoms with Gasteiger partial charge in [0.25, 0.3) is 0 Å². The molecule has 5 nitrogen and oxygen atoms in total. The van der Waals surface area contributed by atoms with Gasteiger partial charge in [0.1, 0.15) is 0 Å². The summed E-state index contributed by atoms with van der Waals surface area (Å²) in [5, 5.41) is 4.22. The van der Waals surface area contributed by atoms with Crippen LogP contribution in [0.25, 0.3) is 0 Å². The zero-order chi connectivity index (χ0) is 11.5. The van der Waals surface area contributed by atoms with E-state index < -0.39 is 0 Å². The fourth-order valence-corrected chi connectivity index (χ4v) is 1.52. The molecule has 0 saturated heterocycles. The van der Waals surface area contributed by atoms with Gasteiger partial charge >= 0.3 is 0 Å².